The van der Waals surface area contributed by atoms with Gasteiger partial charge in [-0.05, 0) is 67.8 Å². The summed E-state index contributed by atoms with van der Waals surface area (Å²) in [5.74, 6) is 2.10. The summed E-state index contributed by atoms with van der Waals surface area (Å²) in [4.78, 5) is 17.0. The van der Waals surface area contributed by atoms with Gasteiger partial charge in [-0.3, -0.25) is 9.69 Å². The highest BCUT2D eigenvalue weighted by molar-refractivity contribution is 7.93. The Balaban J connectivity index is 1.37. The average Bonchev–Trinajstić information content (AvgIpc) is 2.54. The number of nitrogens with zero attached hydrogens (tertiary/aromatic N) is 2. The summed E-state index contributed by atoms with van der Waals surface area (Å²) in [6.45, 7) is 9.25. The van der Waals surface area contributed by atoms with Gasteiger partial charge in [-0.25, -0.2) is 0 Å². The maximum absolute atomic E-state index is 12.6. The molecule has 0 aromatic rings. The van der Waals surface area contributed by atoms with Gasteiger partial charge < -0.3 is 9.08 Å². The minimum absolute atomic E-state index is 0.341. The van der Waals surface area contributed by atoms with E-state index in [2.05, 4.69) is 23.6 Å². The second kappa shape index (κ2) is 7.96. The van der Waals surface area contributed by atoms with Crippen LogP contribution in [0.15, 0.2) is 0 Å². The van der Waals surface area contributed by atoms with E-state index in [0.29, 0.717) is 24.0 Å². The van der Waals surface area contributed by atoms with Crippen molar-refractivity contribution >= 4 is 17.9 Å². The maximum atomic E-state index is 12.6. The molecule has 0 aromatic carbocycles. The van der Waals surface area contributed by atoms with Crippen molar-refractivity contribution in [2.24, 2.45) is 17.3 Å². The number of likely N-dealkylation sites (tertiary alicyclic amines) is 2. The first kappa shape index (κ1) is 18.5. The molecule has 4 nitrogen and oxygen atoms in total. The van der Waals surface area contributed by atoms with Gasteiger partial charge in [0.25, 0.3) is 0 Å². The fraction of sp³-hybridized carbons (Fsp3) is 0.947. The van der Waals surface area contributed by atoms with Gasteiger partial charge in [0.15, 0.2) is 0 Å². The quantitative estimate of drug-likeness (QED) is 0.708. The predicted octanol–water partition coefficient (Wildman–Crippen LogP) is 3.42. The minimum atomic E-state index is 0.341. The Morgan fingerprint density at radius 3 is 2.33 bits per heavy atom. The van der Waals surface area contributed by atoms with Crippen LogP contribution in [0.2, 0.25) is 0 Å². The van der Waals surface area contributed by atoms with Crippen molar-refractivity contribution in [2.45, 2.75) is 58.5 Å². The van der Waals surface area contributed by atoms with Crippen LogP contribution < -0.4 is 0 Å². The summed E-state index contributed by atoms with van der Waals surface area (Å²) in [5, 5.41) is 0. The van der Waals surface area contributed by atoms with Crippen molar-refractivity contribution in [3.63, 3.8) is 0 Å². The molecule has 2 aliphatic heterocycles. The van der Waals surface area contributed by atoms with Crippen LogP contribution in [-0.2, 0) is 8.98 Å². The third kappa shape index (κ3) is 4.28. The molecule has 1 amide bonds. The number of carbonyl (C=O) groups is 1. The highest BCUT2D eigenvalue weighted by Crippen LogP contribution is 2.54. The Hall–Kier alpha value is -0.260. The fourth-order valence-corrected chi connectivity index (χ4v) is 5.22. The molecule has 5 heteroatoms. The molecule has 3 rings (SSSR count). The Kier molecular flexibility index (Phi) is 6.15. The van der Waals surface area contributed by atoms with Crippen LogP contribution in [0.3, 0.4) is 0 Å². The Labute approximate surface area is 151 Å². The molecule has 0 bridgehead atoms. The molecule has 0 unspecified atom stereocenters. The maximum Gasteiger partial charge on any atom is 0.236 e. The van der Waals surface area contributed by atoms with Crippen LogP contribution in [0.25, 0.3) is 0 Å². The van der Waals surface area contributed by atoms with E-state index in [1.165, 1.54) is 37.7 Å². The van der Waals surface area contributed by atoms with Crippen LogP contribution in [0, 0.1) is 17.3 Å². The van der Waals surface area contributed by atoms with E-state index in [9.17, 15) is 4.79 Å². The number of hydrogen-bond donors (Lipinski definition) is 0. The third-order valence-electron chi connectivity index (χ3n) is 6.64. The molecule has 3 fully saturated rings. The molecule has 3 aliphatic rings. The molecule has 0 aromatic heterocycles. The summed E-state index contributed by atoms with van der Waals surface area (Å²) in [7, 11) is 0. The molecule has 0 N–H and O–H groups in total. The van der Waals surface area contributed by atoms with E-state index in [0.717, 1.165) is 50.9 Å². The zero-order valence-electron chi connectivity index (χ0n) is 15.6. The lowest BCUT2D eigenvalue weighted by atomic mass is 9.55. The number of piperidine rings is 2. The van der Waals surface area contributed by atoms with Crippen LogP contribution >= 0.6 is 12.0 Å². The Bertz CT molecular complexity index is 419. The largest absolute Gasteiger partial charge is 0.342 e. The van der Waals surface area contributed by atoms with Gasteiger partial charge in [0.2, 0.25) is 5.91 Å². The van der Waals surface area contributed by atoms with E-state index < -0.39 is 0 Å². The normalized spacial score (nSPS) is 26.1. The molecule has 138 valence electrons. The fourth-order valence-electron chi connectivity index (χ4n) is 4.75. The molecule has 2 heterocycles. The van der Waals surface area contributed by atoms with E-state index in [1.807, 2.05) is 6.26 Å². The number of carbonyl (C=O) groups excluding carboxylic acids is 1. The Morgan fingerprint density at radius 1 is 1.17 bits per heavy atom. The monoisotopic (exact) mass is 354 g/mol. The highest BCUT2D eigenvalue weighted by atomic mass is 32.2. The molecule has 1 aliphatic carbocycles. The molecule has 24 heavy (non-hydrogen) atoms. The molecule has 1 spiro atoms. The van der Waals surface area contributed by atoms with Crippen LogP contribution in [0.4, 0.5) is 0 Å². The van der Waals surface area contributed by atoms with Crippen LogP contribution in [0.5, 0.6) is 0 Å². The summed E-state index contributed by atoms with van der Waals surface area (Å²) >= 11 is 1.46. The van der Waals surface area contributed by atoms with Crippen molar-refractivity contribution < 1.29 is 8.98 Å². The van der Waals surface area contributed by atoms with Gasteiger partial charge in [0.05, 0.1) is 12.6 Å². The van der Waals surface area contributed by atoms with E-state index in [1.54, 1.807) is 0 Å². The lowest BCUT2D eigenvalue weighted by Crippen LogP contribution is -2.52. The summed E-state index contributed by atoms with van der Waals surface area (Å²) < 4.78 is 5.61. The van der Waals surface area contributed by atoms with Crippen molar-refractivity contribution in [2.75, 3.05) is 39.0 Å². The van der Waals surface area contributed by atoms with Gasteiger partial charge in [0, 0.05) is 32.4 Å². The van der Waals surface area contributed by atoms with E-state index in [-0.39, 0.29) is 0 Å². The summed E-state index contributed by atoms with van der Waals surface area (Å²) in [5.41, 5.74) is 0.583. The van der Waals surface area contributed by atoms with Gasteiger partial charge >= 0.3 is 0 Å². The van der Waals surface area contributed by atoms with Crippen molar-refractivity contribution in [1.29, 1.82) is 0 Å². The number of rotatable bonds is 5. The van der Waals surface area contributed by atoms with Gasteiger partial charge in [-0.15, -0.1) is 0 Å². The summed E-state index contributed by atoms with van der Waals surface area (Å²) in [6.07, 6.45) is 9.70. The van der Waals surface area contributed by atoms with E-state index >= 15 is 0 Å². The van der Waals surface area contributed by atoms with Gasteiger partial charge in [-0.2, -0.15) is 0 Å². The second-order valence-corrected chi connectivity index (χ2v) is 9.06. The number of hydrogen-bond acceptors (Lipinski definition) is 4. The van der Waals surface area contributed by atoms with E-state index in [4.69, 9.17) is 4.18 Å². The molecule has 0 atom stereocenters. The molecule has 1 saturated carbocycles. The Morgan fingerprint density at radius 2 is 1.79 bits per heavy atom. The zero-order chi connectivity index (χ0) is 17.2. The second-order valence-electron chi connectivity index (χ2n) is 8.53. The van der Waals surface area contributed by atoms with Crippen LogP contribution in [0.1, 0.15) is 52.4 Å². The first-order valence-electron chi connectivity index (χ1n) is 9.71. The molecular weight excluding hydrogens is 320 g/mol. The van der Waals surface area contributed by atoms with Gasteiger partial charge in [0.1, 0.15) is 0 Å². The lowest BCUT2D eigenvalue weighted by Gasteiger charge is -2.53. The first-order chi connectivity index (χ1) is 11.5. The zero-order valence-corrected chi connectivity index (χ0v) is 16.4. The SMILES string of the molecule is CSOC1CCN(CC(=O)N2CCC3(CC2)CC(C(C)C)C3)CC1. The van der Waals surface area contributed by atoms with Gasteiger partial charge in [-0.1, -0.05) is 13.8 Å². The first-order valence-corrected chi connectivity index (χ1v) is 10.9. The molecular formula is C19H34N2O2S. The summed E-state index contributed by atoms with van der Waals surface area (Å²) in [6, 6.07) is 0. The predicted molar refractivity (Wildman–Crippen MR) is 99.9 cm³/mol. The van der Waals surface area contributed by atoms with Crippen LogP contribution in [-0.4, -0.2) is 60.8 Å². The van der Waals surface area contributed by atoms with Crippen molar-refractivity contribution in [3.05, 3.63) is 0 Å². The standard InChI is InChI=1S/C19H34N2O2S/c1-15(2)16-12-19(13-16)6-10-21(11-7-19)18(22)14-20-8-4-17(5-9-20)23-24-3/h15-17H,4-14H2,1-3H3. The topological polar surface area (TPSA) is 32.8 Å². The molecule has 0 radical (unpaired) electrons. The third-order valence-corrected chi connectivity index (χ3v) is 7.10. The van der Waals surface area contributed by atoms with Crippen molar-refractivity contribution in [1.82, 2.24) is 9.80 Å². The number of amides is 1. The van der Waals surface area contributed by atoms with Crippen molar-refractivity contribution in [3.8, 4) is 0 Å². The minimum Gasteiger partial charge on any atom is -0.342 e. The smallest absolute Gasteiger partial charge is 0.236 e. The lowest BCUT2D eigenvalue weighted by molar-refractivity contribution is -0.137. The molecule has 2 saturated heterocycles. The average molecular weight is 355 g/mol. The highest BCUT2D eigenvalue weighted by Gasteiger charge is 2.46.